The molecule has 452 valence electrons. The van der Waals surface area contributed by atoms with Crippen LogP contribution in [0.1, 0.15) is 284 Å². The second kappa shape index (κ2) is 66.8. The van der Waals surface area contributed by atoms with Gasteiger partial charge in [-0.15, -0.1) is 0 Å². The van der Waals surface area contributed by atoms with Gasteiger partial charge in [0.1, 0.15) is 13.2 Å². The van der Waals surface area contributed by atoms with Crippen molar-refractivity contribution >= 4 is 17.9 Å². The minimum atomic E-state index is -0.804. The van der Waals surface area contributed by atoms with Gasteiger partial charge in [0.05, 0.1) is 0 Å². The van der Waals surface area contributed by atoms with Crippen molar-refractivity contribution in [2.24, 2.45) is 0 Å². The van der Waals surface area contributed by atoms with Crippen LogP contribution in [0.25, 0.3) is 0 Å². The van der Waals surface area contributed by atoms with Crippen molar-refractivity contribution < 1.29 is 28.6 Å². The topological polar surface area (TPSA) is 78.9 Å². The van der Waals surface area contributed by atoms with E-state index < -0.39 is 6.10 Å². The van der Waals surface area contributed by atoms with E-state index in [-0.39, 0.29) is 31.1 Å². The van der Waals surface area contributed by atoms with Crippen LogP contribution in [-0.2, 0) is 28.6 Å². The van der Waals surface area contributed by atoms with E-state index in [1.807, 2.05) is 0 Å². The maximum Gasteiger partial charge on any atom is 0.306 e. The molecule has 0 heterocycles. The van der Waals surface area contributed by atoms with Crippen LogP contribution in [0.4, 0.5) is 0 Å². The second-order valence-corrected chi connectivity index (χ2v) is 21.3. The third-order valence-corrected chi connectivity index (χ3v) is 13.5. The normalized spacial score (nSPS) is 13.1. The maximum absolute atomic E-state index is 12.9. The molecular formula is C74H120O6. The van der Waals surface area contributed by atoms with Gasteiger partial charge in [0, 0.05) is 19.3 Å². The number of carbonyl (C=O) groups excluding carboxylic acids is 3. The Morgan fingerprint density at radius 3 is 0.800 bits per heavy atom. The number of allylic oxidation sites excluding steroid dienone is 24. The van der Waals surface area contributed by atoms with Crippen LogP contribution >= 0.6 is 0 Å². The number of carbonyl (C=O) groups is 3. The van der Waals surface area contributed by atoms with E-state index in [2.05, 4.69) is 167 Å². The fraction of sp³-hybridized carbons (Fsp3) is 0.635. The summed E-state index contributed by atoms with van der Waals surface area (Å²) >= 11 is 0. The first-order valence-electron chi connectivity index (χ1n) is 32.8. The smallest absolute Gasteiger partial charge is 0.306 e. The molecule has 0 saturated heterocycles. The highest BCUT2D eigenvalue weighted by atomic mass is 16.6. The maximum atomic E-state index is 12.9. The quantitative estimate of drug-likeness (QED) is 0.0261. The van der Waals surface area contributed by atoms with Gasteiger partial charge < -0.3 is 14.2 Å². The summed E-state index contributed by atoms with van der Waals surface area (Å²) in [4.78, 5) is 38.3. The summed E-state index contributed by atoms with van der Waals surface area (Å²) in [6, 6.07) is 0. The molecule has 0 aliphatic carbocycles. The van der Waals surface area contributed by atoms with E-state index in [1.54, 1.807) is 0 Å². The molecule has 0 aromatic heterocycles. The number of unbranched alkanes of at least 4 members (excludes halogenated alkanes) is 23. The van der Waals surface area contributed by atoms with Gasteiger partial charge in [0.2, 0.25) is 0 Å². The summed E-state index contributed by atoms with van der Waals surface area (Å²) in [5.74, 6) is -0.941. The van der Waals surface area contributed by atoms with Crippen molar-refractivity contribution in [3.8, 4) is 0 Å². The summed E-state index contributed by atoms with van der Waals surface area (Å²) in [6.45, 7) is 6.43. The van der Waals surface area contributed by atoms with E-state index in [1.165, 1.54) is 89.9 Å². The highest BCUT2D eigenvalue weighted by molar-refractivity contribution is 5.71. The third kappa shape index (κ3) is 64.1. The Hall–Kier alpha value is -4.71. The number of hydrogen-bond acceptors (Lipinski definition) is 6. The van der Waals surface area contributed by atoms with Crippen LogP contribution < -0.4 is 0 Å². The number of ether oxygens (including phenoxy) is 3. The standard InChI is InChI=1S/C74H120O6/c1-4-7-10-13-16-19-22-25-28-30-32-33-34-35-36-37-38-39-40-41-43-44-46-49-52-55-58-61-64-67-73(76)79-70-71(69-78-72(75)66-63-60-57-54-51-48-27-24-21-18-15-12-9-6-3)80-74(77)68-65-62-59-56-53-50-47-45-42-31-29-26-23-20-17-14-11-8-5-2/h7,10,15-20,24-29,32-33,35-36,38-39,41,43,46,49,71H,4-6,8-9,11-14,21-23,30-31,34,37,40,42,44-45,47-48,50-70H2,1-3H3/b10-7-,18-15-,19-16-,20-17-,27-24-,28-25-,29-26-,33-32-,36-35-,39-38-,43-41-,49-46-. The average Bonchev–Trinajstić information content (AvgIpc) is 3.46. The Morgan fingerprint density at radius 2 is 0.500 bits per heavy atom. The van der Waals surface area contributed by atoms with Crippen LogP contribution in [-0.4, -0.2) is 37.2 Å². The number of esters is 3. The molecule has 0 N–H and O–H groups in total. The van der Waals surface area contributed by atoms with Gasteiger partial charge in [0.15, 0.2) is 6.10 Å². The monoisotopic (exact) mass is 1100 g/mol. The molecule has 0 rings (SSSR count). The number of hydrogen-bond donors (Lipinski definition) is 0. The third-order valence-electron chi connectivity index (χ3n) is 13.5. The zero-order chi connectivity index (χ0) is 57.8. The molecule has 1 atom stereocenters. The Bertz CT molecular complexity index is 1750. The van der Waals surface area contributed by atoms with E-state index in [0.29, 0.717) is 19.3 Å². The molecule has 6 nitrogen and oxygen atoms in total. The van der Waals surface area contributed by atoms with Gasteiger partial charge in [0.25, 0.3) is 0 Å². The molecule has 0 saturated carbocycles. The minimum Gasteiger partial charge on any atom is -0.462 e. The summed E-state index contributed by atoms with van der Waals surface area (Å²) in [5.41, 5.74) is 0. The van der Waals surface area contributed by atoms with E-state index in [4.69, 9.17) is 14.2 Å². The highest BCUT2D eigenvalue weighted by Crippen LogP contribution is 2.15. The fourth-order valence-electron chi connectivity index (χ4n) is 8.62. The van der Waals surface area contributed by atoms with E-state index in [0.717, 1.165) is 154 Å². The predicted molar refractivity (Wildman–Crippen MR) is 348 cm³/mol. The minimum absolute atomic E-state index is 0.0996. The first kappa shape index (κ1) is 75.3. The van der Waals surface area contributed by atoms with Gasteiger partial charge in [-0.05, 0) is 141 Å². The van der Waals surface area contributed by atoms with Gasteiger partial charge >= 0.3 is 17.9 Å². The van der Waals surface area contributed by atoms with Crippen molar-refractivity contribution in [3.63, 3.8) is 0 Å². The van der Waals surface area contributed by atoms with Crippen molar-refractivity contribution in [2.45, 2.75) is 290 Å². The molecule has 0 aromatic rings. The first-order chi connectivity index (χ1) is 39.5. The summed E-state index contributed by atoms with van der Waals surface area (Å²) in [5, 5.41) is 0. The zero-order valence-corrected chi connectivity index (χ0v) is 51.8. The van der Waals surface area contributed by atoms with Crippen LogP contribution in [0.15, 0.2) is 146 Å². The zero-order valence-electron chi connectivity index (χ0n) is 51.8. The molecule has 0 radical (unpaired) electrons. The van der Waals surface area contributed by atoms with Crippen molar-refractivity contribution in [3.05, 3.63) is 146 Å². The predicted octanol–water partition coefficient (Wildman–Crippen LogP) is 22.7. The number of rotatable bonds is 58. The Morgan fingerprint density at radius 1 is 0.263 bits per heavy atom. The Balaban J connectivity index is 4.42. The lowest BCUT2D eigenvalue weighted by molar-refractivity contribution is -0.167. The van der Waals surface area contributed by atoms with Crippen molar-refractivity contribution in [2.75, 3.05) is 13.2 Å². The summed E-state index contributed by atoms with van der Waals surface area (Å²) < 4.78 is 16.9. The lowest BCUT2D eigenvalue weighted by Crippen LogP contribution is -2.30. The Kier molecular flexibility index (Phi) is 62.9. The molecule has 6 heteroatoms. The summed E-state index contributed by atoms with van der Waals surface area (Å²) in [6.07, 6.45) is 95.6. The van der Waals surface area contributed by atoms with E-state index >= 15 is 0 Å². The lowest BCUT2D eigenvalue weighted by Gasteiger charge is -2.18. The molecule has 1 unspecified atom stereocenters. The van der Waals surface area contributed by atoms with Gasteiger partial charge in [-0.1, -0.05) is 269 Å². The van der Waals surface area contributed by atoms with Gasteiger partial charge in [-0.2, -0.15) is 0 Å². The molecule has 80 heavy (non-hydrogen) atoms. The van der Waals surface area contributed by atoms with Crippen LogP contribution in [0.3, 0.4) is 0 Å². The first-order valence-corrected chi connectivity index (χ1v) is 32.8. The summed E-state index contributed by atoms with van der Waals surface area (Å²) in [7, 11) is 0. The van der Waals surface area contributed by atoms with E-state index in [9.17, 15) is 14.4 Å². The molecule has 0 aliphatic heterocycles. The molecule has 0 fully saturated rings. The average molecular weight is 1110 g/mol. The van der Waals surface area contributed by atoms with Crippen LogP contribution in [0.2, 0.25) is 0 Å². The molecule has 0 bridgehead atoms. The molecular weight excluding hydrogens is 985 g/mol. The molecule has 0 amide bonds. The highest BCUT2D eigenvalue weighted by Gasteiger charge is 2.19. The second-order valence-electron chi connectivity index (χ2n) is 21.3. The largest absolute Gasteiger partial charge is 0.462 e. The van der Waals surface area contributed by atoms with Crippen molar-refractivity contribution in [1.29, 1.82) is 0 Å². The fourth-order valence-corrected chi connectivity index (χ4v) is 8.62. The van der Waals surface area contributed by atoms with Gasteiger partial charge in [-0.25, -0.2) is 0 Å². The molecule has 0 spiro atoms. The van der Waals surface area contributed by atoms with Gasteiger partial charge in [-0.3, -0.25) is 14.4 Å². The van der Waals surface area contributed by atoms with Crippen LogP contribution in [0.5, 0.6) is 0 Å². The molecule has 0 aliphatic rings. The lowest BCUT2D eigenvalue weighted by atomic mass is 10.1. The Labute approximate surface area is 493 Å². The van der Waals surface area contributed by atoms with Crippen molar-refractivity contribution in [1.82, 2.24) is 0 Å². The van der Waals surface area contributed by atoms with Crippen LogP contribution in [0, 0.1) is 0 Å². The molecule has 0 aromatic carbocycles. The SMILES string of the molecule is CC/C=C\C/C=C\C/C=C\C/C=C\C/C=C\C/C=C\C/C=C\C/C=C\CCCCCCC(=O)OCC(COC(=O)CCCCCCC/C=C\C/C=C\CCCC)OC(=O)CCCCCCCCCCC/C=C\C/C=C\CCCCC.